The van der Waals surface area contributed by atoms with Crippen LogP contribution in [0.25, 0.3) is 0 Å². The van der Waals surface area contributed by atoms with Crippen molar-refractivity contribution in [2.24, 2.45) is 0 Å². The molecule has 2 aromatic rings. The molecule has 1 unspecified atom stereocenters. The smallest absolute Gasteiger partial charge is 0.137 e. The number of fused-ring (bicyclic) bond motifs is 1. The van der Waals surface area contributed by atoms with Gasteiger partial charge in [0.2, 0.25) is 0 Å². The zero-order valence-electron chi connectivity index (χ0n) is 10.1. The molecule has 0 aromatic heterocycles. The molecule has 0 aliphatic heterocycles. The third-order valence-corrected chi connectivity index (χ3v) is 4.23. The van der Waals surface area contributed by atoms with Gasteiger partial charge in [-0.1, -0.05) is 17.7 Å². The second kappa shape index (κ2) is 5.14. The summed E-state index contributed by atoms with van der Waals surface area (Å²) in [6.07, 6.45) is 1.92. The lowest BCUT2D eigenvalue weighted by molar-refractivity contribution is 0.621. The summed E-state index contributed by atoms with van der Waals surface area (Å²) in [7, 11) is 0. The van der Waals surface area contributed by atoms with Crippen LogP contribution in [0.3, 0.4) is 0 Å². The van der Waals surface area contributed by atoms with Gasteiger partial charge in [0, 0.05) is 16.8 Å². The fourth-order valence-corrected chi connectivity index (χ4v) is 3.08. The molecule has 4 heteroatoms. The van der Waals surface area contributed by atoms with Crippen LogP contribution < -0.4 is 5.32 Å². The molecule has 1 aliphatic carbocycles. The summed E-state index contributed by atoms with van der Waals surface area (Å²) < 4.78 is 13.7. The predicted octanol–water partition coefficient (Wildman–Crippen LogP) is 4.82. The first-order chi connectivity index (χ1) is 9.11. The van der Waals surface area contributed by atoms with Crippen molar-refractivity contribution in [2.45, 2.75) is 18.9 Å². The monoisotopic (exact) mass is 339 g/mol. The third kappa shape index (κ3) is 2.77. The summed E-state index contributed by atoms with van der Waals surface area (Å²) in [5.74, 6) is -0.243. The zero-order valence-corrected chi connectivity index (χ0v) is 12.4. The summed E-state index contributed by atoms with van der Waals surface area (Å²) >= 11 is 9.20. The number of halogens is 3. The van der Waals surface area contributed by atoms with Crippen LogP contribution in [0.15, 0.2) is 40.9 Å². The molecule has 98 valence electrons. The van der Waals surface area contributed by atoms with Crippen molar-refractivity contribution < 1.29 is 4.39 Å². The second-order valence-corrected chi connectivity index (χ2v) is 6.08. The van der Waals surface area contributed by atoms with Gasteiger partial charge in [-0.25, -0.2) is 4.39 Å². The Balaban J connectivity index is 1.75. The Morgan fingerprint density at radius 3 is 2.68 bits per heavy atom. The first kappa shape index (κ1) is 12.9. The Hall–Kier alpha value is -1.06. The van der Waals surface area contributed by atoms with E-state index in [-0.39, 0.29) is 5.82 Å². The van der Waals surface area contributed by atoms with Gasteiger partial charge in [0.25, 0.3) is 0 Å². The average molecular weight is 341 g/mol. The lowest BCUT2D eigenvalue weighted by Crippen LogP contribution is -2.19. The van der Waals surface area contributed by atoms with Crippen molar-refractivity contribution in [1.82, 2.24) is 0 Å². The molecule has 0 saturated carbocycles. The van der Waals surface area contributed by atoms with Crippen molar-refractivity contribution >= 4 is 33.2 Å². The quantitative estimate of drug-likeness (QED) is 0.826. The van der Waals surface area contributed by atoms with Crippen LogP contribution in [0.4, 0.5) is 10.1 Å². The molecule has 1 atom stereocenters. The SMILES string of the molecule is Fc1ccc(NC2Cc3ccc(Cl)cc3C2)cc1Br. The summed E-state index contributed by atoms with van der Waals surface area (Å²) in [5, 5.41) is 4.22. The van der Waals surface area contributed by atoms with E-state index >= 15 is 0 Å². The molecule has 1 aliphatic rings. The highest BCUT2D eigenvalue weighted by molar-refractivity contribution is 9.10. The van der Waals surface area contributed by atoms with E-state index in [9.17, 15) is 4.39 Å². The molecule has 19 heavy (non-hydrogen) atoms. The number of benzene rings is 2. The molecule has 2 aromatic carbocycles. The van der Waals surface area contributed by atoms with E-state index < -0.39 is 0 Å². The number of nitrogens with one attached hydrogen (secondary N) is 1. The van der Waals surface area contributed by atoms with Gasteiger partial charge in [0.05, 0.1) is 4.47 Å². The molecule has 1 nitrogen and oxygen atoms in total. The summed E-state index contributed by atoms with van der Waals surface area (Å²) in [5.41, 5.74) is 3.56. The molecule has 0 saturated heterocycles. The third-order valence-electron chi connectivity index (χ3n) is 3.39. The Morgan fingerprint density at radius 2 is 1.89 bits per heavy atom. The molecule has 3 rings (SSSR count). The van der Waals surface area contributed by atoms with Crippen molar-refractivity contribution in [3.63, 3.8) is 0 Å². The van der Waals surface area contributed by atoms with Gasteiger partial charge in [-0.2, -0.15) is 0 Å². The Kier molecular flexibility index (Phi) is 3.50. The van der Waals surface area contributed by atoms with E-state index in [1.54, 1.807) is 12.1 Å². The van der Waals surface area contributed by atoms with Crippen molar-refractivity contribution in [2.75, 3.05) is 5.32 Å². The molecule has 0 radical (unpaired) electrons. The lowest BCUT2D eigenvalue weighted by atomic mass is 10.1. The number of rotatable bonds is 2. The fourth-order valence-electron chi connectivity index (χ4n) is 2.51. The molecule has 0 spiro atoms. The molecule has 0 heterocycles. The van der Waals surface area contributed by atoms with E-state index in [4.69, 9.17) is 11.6 Å². The van der Waals surface area contributed by atoms with Crippen LogP contribution in [0, 0.1) is 5.82 Å². The van der Waals surface area contributed by atoms with Crippen LogP contribution in [-0.2, 0) is 12.8 Å². The summed E-state index contributed by atoms with van der Waals surface area (Å²) in [6.45, 7) is 0. The fraction of sp³-hybridized carbons (Fsp3) is 0.200. The minimum Gasteiger partial charge on any atom is -0.382 e. The Morgan fingerprint density at radius 1 is 1.11 bits per heavy atom. The van der Waals surface area contributed by atoms with Gasteiger partial charge >= 0.3 is 0 Å². The van der Waals surface area contributed by atoms with Gasteiger partial charge in [0.1, 0.15) is 5.82 Å². The molecule has 0 fully saturated rings. The van der Waals surface area contributed by atoms with E-state index in [1.165, 1.54) is 17.2 Å². The minimum absolute atomic E-state index is 0.243. The zero-order chi connectivity index (χ0) is 13.4. The highest BCUT2D eigenvalue weighted by Crippen LogP contribution is 2.28. The highest BCUT2D eigenvalue weighted by atomic mass is 79.9. The van der Waals surface area contributed by atoms with E-state index in [1.807, 2.05) is 12.1 Å². The number of hydrogen-bond donors (Lipinski definition) is 1. The van der Waals surface area contributed by atoms with Gasteiger partial charge in [-0.15, -0.1) is 0 Å². The lowest BCUT2D eigenvalue weighted by Gasteiger charge is -2.14. The number of hydrogen-bond acceptors (Lipinski definition) is 1. The first-order valence-corrected chi connectivity index (χ1v) is 7.28. The largest absolute Gasteiger partial charge is 0.382 e. The van der Waals surface area contributed by atoms with Crippen LogP contribution in [0.1, 0.15) is 11.1 Å². The topological polar surface area (TPSA) is 12.0 Å². The highest BCUT2D eigenvalue weighted by Gasteiger charge is 2.21. The van der Waals surface area contributed by atoms with Gasteiger partial charge < -0.3 is 5.32 Å². The van der Waals surface area contributed by atoms with Crippen LogP contribution in [-0.4, -0.2) is 6.04 Å². The maximum Gasteiger partial charge on any atom is 0.137 e. The average Bonchev–Trinajstić information content (AvgIpc) is 2.75. The maximum atomic E-state index is 13.2. The molecule has 0 bridgehead atoms. The van der Waals surface area contributed by atoms with E-state index in [2.05, 4.69) is 27.3 Å². The van der Waals surface area contributed by atoms with Crippen LogP contribution in [0.5, 0.6) is 0 Å². The van der Waals surface area contributed by atoms with Gasteiger partial charge in [-0.05, 0) is 70.2 Å². The van der Waals surface area contributed by atoms with Crippen molar-refractivity contribution in [3.05, 3.63) is 62.8 Å². The Bertz CT molecular complexity index is 630. The van der Waals surface area contributed by atoms with Crippen molar-refractivity contribution in [1.29, 1.82) is 0 Å². The molecule has 0 amide bonds. The maximum absolute atomic E-state index is 13.2. The van der Waals surface area contributed by atoms with E-state index in [0.29, 0.717) is 10.5 Å². The van der Waals surface area contributed by atoms with Crippen LogP contribution >= 0.6 is 27.5 Å². The summed E-state index contributed by atoms with van der Waals surface area (Å²) in [6, 6.07) is 11.4. The molecule has 1 N–H and O–H groups in total. The van der Waals surface area contributed by atoms with Gasteiger partial charge in [-0.3, -0.25) is 0 Å². The predicted molar refractivity (Wildman–Crippen MR) is 80.4 cm³/mol. The standard InChI is InChI=1S/C15H12BrClFN/c16-14-8-12(3-4-15(14)18)19-13-6-9-1-2-11(17)5-10(9)7-13/h1-5,8,13,19H,6-7H2. The van der Waals surface area contributed by atoms with E-state index in [0.717, 1.165) is 23.6 Å². The van der Waals surface area contributed by atoms with Crippen molar-refractivity contribution in [3.8, 4) is 0 Å². The Labute approximate surface area is 124 Å². The normalized spacial score (nSPS) is 17.3. The minimum atomic E-state index is -0.243. The number of anilines is 1. The summed E-state index contributed by atoms with van der Waals surface area (Å²) in [4.78, 5) is 0. The molecular formula is C15H12BrClFN. The van der Waals surface area contributed by atoms with Crippen LogP contribution in [0.2, 0.25) is 5.02 Å². The first-order valence-electron chi connectivity index (χ1n) is 6.11. The molecular weight excluding hydrogens is 329 g/mol. The van der Waals surface area contributed by atoms with Gasteiger partial charge in [0.15, 0.2) is 0 Å². The second-order valence-electron chi connectivity index (χ2n) is 4.79.